The Morgan fingerprint density at radius 2 is 1.93 bits per heavy atom. The fourth-order valence-electron chi connectivity index (χ4n) is 3.10. The van der Waals surface area contributed by atoms with Crippen LogP contribution in [-0.4, -0.2) is 46.7 Å². The first-order valence-electron chi connectivity index (χ1n) is 9.57. The molecule has 0 radical (unpaired) electrons. The van der Waals surface area contributed by atoms with Crippen LogP contribution in [0.25, 0.3) is 0 Å². The first-order valence-corrected chi connectivity index (χ1v) is 11.4. The van der Waals surface area contributed by atoms with Gasteiger partial charge >= 0.3 is 0 Å². The number of anilines is 2. The summed E-state index contributed by atoms with van der Waals surface area (Å²) in [4.78, 5) is 25.8. The topological polar surface area (TPSA) is 96.0 Å². The lowest BCUT2D eigenvalue weighted by molar-refractivity contribution is -0.123. The van der Waals surface area contributed by atoms with Gasteiger partial charge < -0.3 is 15.0 Å². The first-order chi connectivity index (χ1) is 14.2. The standard InChI is InChI=1S/C21H25N3O5S/c1-23(30(2,27)28)17-8-10-19(11-9-17)29-15-20(25)22-14-16-5-3-6-18(13-16)24-12-4-7-21(24)26/h3,5-6,8-11,13H,4,7,12,14-15H2,1-2H3,(H,22,25). The van der Waals surface area contributed by atoms with Gasteiger partial charge in [-0.1, -0.05) is 12.1 Å². The van der Waals surface area contributed by atoms with Crippen molar-refractivity contribution in [2.24, 2.45) is 0 Å². The summed E-state index contributed by atoms with van der Waals surface area (Å²) in [6.45, 7) is 0.892. The Balaban J connectivity index is 1.49. The van der Waals surface area contributed by atoms with Crippen molar-refractivity contribution in [1.29, 1.82) is 0 Å². The molecule has 1 aliphatic heterocycles. The van der Waals surface area contributed by atoms with Gasteiger partial charge in [-0.2, -0.15) is 0 Å². The van der Waals surface area contributed by atoms with Gasteiger partial charge in [0.2, 0.25) is 15.9 Å². The molecule has 2 amide bonds. The molecule has 0 aromatic heterocycles. The molecule has 0 spiro atoms. The molecular weight excluding hydrogens is 406 g/mol. The van der Waals surface area contributed by atoms with Crippen molar-refractivity contribution in [3.05, 3.63) is 54.1 Å². The maximum absolute atomic E-state index is 12.1. The van der Waals surface area contributed by atoms with Gasteiger partial charge in [-0.3, -0.25) is 13.9 Å². The van der Waals surface area contributed by atoms with Gasteiger partial charge in [0.05, 0.1) is 11.9 Å². The summed E-state index contributed by atoms with van der Waals surface area (Å²) in [6.07, 6.45) is 2.56. The molecule has 8 nitrogen and oxygen atoms in total. The molecule has 1 aliphatic rings. The van der Waals surface area contributed by atoms with E-state index in [4.69, 9.17) is 4.74 Å². The van der Waals surface area contributed by atoms with Crippen LogP contribution in [-0.2, 0) is 26.2 Å². The fourth-order valence-corrected chi connectivity index (χ4v) is 3.60. The van der Waals surface area contributed by atoms with Crippen molar-refractivity contribution >= 4 is 33.2 Å². The molecule has 1 fully saturated rings. The lowest BCUT2D eigenvalue weighted by Crippen LogP contribution is -2.28. The predicted octanol–water partition coefficient (Wildman–Crippen LogP) is 1.90. The zero-order chi connectivity index (χ0) is 21.7. The number of nitrogens with zero attached hydrogens (tertiary/aromatic N) is 2. The highest BCUT2D eigenvalue weighted by atomic mass is 32.2. The summed E-state index contributed by atoms with van der Waals surface area (Å²) in [6, 6.07) is 14.0. The van der Waals surface area contributed by atoms with Crippen LogP contribution in [0.15, 0.2) is 48.5 Å². The summed E-state index contributed by atoms with van der Waals surface area (Å²) < 4.78 is 29.7. The molecule has 30 heavy (non-hydrogen) atoms. The highest BCUT2D eigenvalue weighted by Crippen LogP contribution is 2.22. The molecule has 1 saturated heterocycles. The van der Waals surface area contributed by atoms with Gasteiger partial charge in [0, 0.05) is 32.2 Å². The van der Waals surface area contributed by atoms with E-state index < -0.39 is 10.0 Å². The van der Waals surface area contributed by atoms with E-state index in [0.29, 0.717) is 24.4 Å². The quantitative estimate of drug-likeness (QED) is 0.689. The Morgan fingerprint density at radius 3 is 2.57 bits per heavy atom. The van der Waals surface area contributed by atoms with Gasteiger partial charge in [-0.25, -0.2) is 8.42 Å². The Hall–Kier alpha value is -3.07. The third kappa shape index (κ3) is 5.50. The highest BCUT2D eigenvalue weighted by molar-refractivity contribution is 7.92. The van der Waals surface area contributed by atoms with E-state index >= 15 is 0 Å². The number of benzene rings is 2. The summed E-state index contributed by atoms with van der Waals surface area (Å²) in [5.74, 6) is 0.304. The Bertz CT molecular complexity index is 1020. The van der Waals surface area contributed by atoms with E-state index in [1.807, 2.05) is 24.3 Å². The zero-order valence-electron chi connectivity index (χ0n) is 17.0. The van der Waals surface area contributed by atoms with Gasteiger partial charge in [0.1, 0.15) is 5.75 Å². The van der Waals surface area contributed by atoms with Crippen LogP contribution < -0.4 is 19.3 Å². The summed E-state index contributed by atoms with van der Waals surface area (Å²) >= 11 is 0. The van der Waals surface area contributed by atoms with Crippen LogP contribution in [0.3, 0.4) is 0 Å². The van der Waals surface area contributed by atoms with E-state index in [-0.39, 0.29) is 18.4 Å². The second-order valence-electron chi connectivity index (χ2n) is 7.11. The normalized spacial score (nSPS) is 13.9. The number of ether oxygens (including phenoxy) is 1. The van der Waals surface area contributed by atoms with E-state index in [1.165, 1.54) is 7.05 Å². The number of amides is 2. The van der Waals surface area contributed by atoms with Crippen molar-refractivity contribution in [3.63, 3.8) is 0 Å². The van der Waals surface area contributed by atoms with Crippen LogP contribution in [0.2, 0.25) is 0 Å². The molecule has 2 aromatic rings. The second kappa shape index (κ2) is 9.17. The number of hydrogen-bond donors (Lipinski definition) is 1. The average Bonchev–Trinajstić information content (AvgIpc) is 3.16. The highest BCUT2D eigenvalue weighted by Gasteiger charge is 2.21. The lowest BCUT2D eigenvalue weighted by atomic mass is 10.2. The molecular formula is C21H25N3O5S. The Labute approximate surface area is 176 Å². The molecule has 0 aliphatic carbocycles. The molecule has 0 atom stereocenters. The number of carbonyl (C=O) groups excluding carboxylic acids is 2. The third-order valence-electron chi connectivity index (χ3n) is 4.85. The monoisotopic (exact) mass is 431 g/mol. The molecule has 0 bridgehead atoms. The average molecular weight is 432 g/mol. The van der Waals surface area contributed by atoms with E-state index in [0.717, 1.165) is 34.8 Å². The maximum atomic E-state index is 12.1. The van der Waals surface area contributed by atoms with Crippen LogP contribution in [0, 0.1) is 0 Å². The van der Waals surface area contributed by atoms with Crippen molar-refractivity contribution in [2.75, 3.05) is 35.7 Å². The van der Waals surface area contributed by atoms with Crippen LogP contribution in [0.4, 0.5) is 11.4 Å². The van der Waals surface area contributed by atoms with E-state index in [9.17, 15) is 18.0 Å². The van der Waals surface area contributed by atoms with E-state index in [1.54, 1.807) is 29.2 Å². The molecule has 0 unspecified atom stereocenters. The van der Waals surface area contributed by atoms with E-state index in [2.05, 4.69) is 5.32 Å². The molecule has 3 rings (SSSR count). The van der Waals surface area contributed by atoms with Crippen molar-refractivity contribution in [3.8, 4) is 5.75 Å². The summed E-state index contributed by atoms with van der Waals surface area (Å²) in [5.41, 5.74) is 2.25. The molecule has 1 heterocycles. The third-order valence-corrected chi connectivity index (χ3v) is 6.06. The lowest BCUT2D eigenvalue weighted by Gasteiger charge is -2.17. The van der Waals surface area contributed by atoms with Crippen LogP contribution in [0.1, 0.15) is 18.4 Å². The Morgan fingerprint density at radius 1 is 1.20 bits per heavy atom. The Kier molecular flexibility index (Phi) is 6.61. The summed E-state index contributed by atoms with van der Waals surface area (Å²) in [5, 5.41) is 2.79. The molecule has 9 heteroatoms. The first kappa shape index (κ1) is 21.6. The molecule has 160 valence electrons. The van der Waals surface area contributed by atoms with Gasteiger partial charge in [0.15, 0.2) is 6.61 Å². The number of rotatable bonds is 8. The molecule has 0 saturated carbocycles. The molecule has 2 aromatic carbocycles. The fraction of sp³-hybridized carbons (Fsp3) is 0.333. The smallest absolute Gasteiger partial charge is 0.258 e. The minimum atomic E-state index is -3.33. The minimum Gasteiger partial charge on any atom is -0.484 e. The van der Waals surface area contributed by atoms with Gasteiger partial charge in [-0.15, -0.1) is 0 Å². The maximum Gasteiger partial charge on any atom is 0.258 e. The number of nitrogens with one attached hydrogen (secondary N) is 1. The zero-order valence-corrected chi connectivity index (χ0v) is 17.8. The largest absolute Gasteiger partial charge is 0.484 e. The number of hydrogen-bond acceptors (Lipinski definition) is 5. The van der Waals surface area contributed by atoms with Crippen molar-refractivity contribution in [1.82, 2.24) is 5.32 Å². The number of carbonyl (C=O) groups is 2. The van der Waals surface area contributed by atoms with Gasteiger partial charge in [0.25, 0.3) is 5.91 Å². The van der Waals surface area contributed by atoms with Crippen LogP contribution >= 0.6 is 0 Å². The van der Waals surface area contributed by atoms with Crippen molar-refractivity contribution < 1.29 is 22.7 Å². The summed E-state index contributed by atoms with van der Waals surface area (Å²) in [7, 11) is -1.87. The SMILES string of the molecule is CN(c1ccc(OCC(=O)NCc2cccc(N3CCCC3=O)c2)cc1)S(C)(=O)=O. The predicted molar refractivity (Wildman–Crippen MR) is 115 cm³/mol. The second-order valence-corrected chi connectivity index (χ2v) is 9.12. The number of sulfonamides is 1. The van der Waals surface area contributed by atoms with Gasteiger partial charge in [-0.05, 0) is 48.4 Å². The minimum absolute atomic E-state index is 0.123. The molecule has 1 N–H and O–H groups in total. The van der Waals surface area contributed by atoms with Crippen LogP contribution in [0.5, 0.6) is 5.75 Å². The van der Waals surface area contributed by atoms with Crippen molar-refractivity contribution in [2.45, 2.75) is 19.4 Å².